The van der Waals surface area contributed by atoms with E-state index in [1.54, 1.807) is 18.7 Å². The summed E-state index contributed by atoms with van der Waals surface area (Å²) in [5.74, 6) is -0.415. The zero-order valence-electron chi connectivity index (χ0n) is 14.6. The number of piperazine rings is 1. The first-order chi connectivity index (χ1) is 11.8. The van der Waals surface area contributed by atoms with Gasteiger partial charge in [-0.25, -0.2) is 12.8 Å². The lowest BCUT2D eigenvalue weighted by atomic mass is 10.1. The Morgan fingerprint density at radius 1 is 1.20 bits per heavy atom. The zero-order valence-corrected chi connectivity index (χ0v) is 15.4. The Balaban J connectivity index is 1.86. The van der Waals surface area contributed by atoms with Crippen LogP contribution in [-0.2, 0) is 14.8 Å². The highest BCUT2D eigenvalue weighted by atomic mass is 32.2. The van der Waals surface area contributed by atoms with Crippen molar-refractivity contribution in [3.8, 4) is 0 Å². The van der Waals surface area contributed by atoms with Gasteiger partial charge in [0.1, 0.15) is 5.82 Å². The van der Waals surface area contributed by atoms with E-state index >= 15 is 0 Å². The summed E-state index contributed by atoms with van der Waals surface area (Å²) in [4.78, 5) is 14.1. The number of hydrogen-bond donors (Lipinski definition) is 1. The Morgan fingerprint density at radius 3 is 2.52 bits per heavy atom. The van der Waals surface area contributed by atoms with Crippen molar-refractivity contribution in [2.24, 2.45) is 0 Å². The van der Waals surface area contributed by atoms with Gasteiger partial charge in [0.05, 0.1) is 11.4 Å². The summed E-state index contributed by atoms with van der Waals surface area (Å²) in [6, 6.07) is 2.40. The van der Waals surface area contributed by atoms with Gasteiger partial charge in [-0.15, -0.1) is 0 Å². The van der Waals surface area contributed by atoms with Crippen LogP contribution in [0.1, 0.15) is 24.0 Å². The van der Waals surface area contributed by atoms with Gasteiger partial charge in [0.15, 0.2) is 0 Å². The van der Waals surface area contributed by atoms with Crippen molar-refractivity contribution in [2.75, 3.05) is 32.7 Å². The van der Waals surface area contributed by atoms with Gasteiger partial charge < -0.3 is 10.2 Å². The monoisotopic (exact) mass is 369 g/mol. The van der Waals surface area contributed by atoms with E-state index in [0.717, 1.165) is 13.0 Å². The van der Waals surface area contributed by atoms with E-state index in [-0.39, 0.29) is 16.8 Å². The molecule has 1 unspecified atom stereocenters. The number of sulfonamides is 1. The van der Waals surface area contributed by atoms with Crippen LogP contribution in [0.5, 0.6) is 0 Å². The standard InChI is InChI=1S/C17H24FN3O3S/c1-12-8-14(18)9-13(2)17(12)25(23,24)20-6-3-4-15(11-20)21-7-5-19-10-16(21)22/h8-9,15,19H,3-7,10-11H2,1-2H3. The normalized spacial score (nSPS) is 23.1. The summed E-state index contributed by atoms with van der Waals surface area (Å²) < 4.78 is 41.3. The molecule has 1 aromatic rings. The number of nitrogens with zero attached hydrogens (tertiary/aromatic N) is 2. The predicted molar refractivity (Wildman–Crippen MR) is 92.2 cm³/mol. The Labute approximate surface area is 148 Å². The van der Waals surface area contributed by atoms with Crippen LogP contribution < -0.4 is 5.32 Å². The molecule has 0 aliphatic carbocycles. The molecule has 3 rings (SSSR count). The van der Waals surface area contributed by atoms with Crippen LogP contribution in [0.15, 0.2) is 17.0 Å². The second-order valence-electron chi connectivity index (χ2n) is 6.79. The van der Waals surface area contributed by atoms with Crippen molar-refractivity contribution in [1.82, 2.24) is 14.5 Å². The third-order valence-electron chi connectivity index (χ3n) is 4.95. The second-order valence-corrected chi connectivity index (χ2v) is 8.67. The first-order valence-corrected chi connectivity index (χ1v) is 10.0. The van der Waals surface area contributed by atoms with Crippen LogP contribution in [0.25, 0.3) is 0 Å². The van der Waals surface area contributed by atoms with E-state index in [1.807, 2.05) is 0 Å². The number of nitrogens with one attached hydrogen (secondary N) is 1. The third-order valence-corrected chi connectivity index (χ3v) is 7.12. The molecule has 2 heterocycles. The van der Waals surface area contributed by atoms with Crippen molar-refractivity contribution in [3.05, 3.63) is 29.1 Å². The quantitative estimate of drug-likeness (QED) is 0.864. The summed E-state index contributed by atoms with van der Waals surface area (Å²) in [7, 11) is -3.72. The zero-order chi connectivity index (χ0) is 18.2. The summed E-state index contributed by atoms with van der Waals surface area (Å²) >= 11 is 0. The molecule has 2 aliphatic rings. The van der Waals surface area contributed by atoms with E-state index in [4.69, 9.17) is 0 Å². The van der Waals surface area contributed by atoms with Crippen molar-refractivity contribution >= 4 is 15.9 Å². The summed E-state index contributed by atoms with van der Waals surface area (Å²) in [6.45, 7) is 5.59. The first-order valence-electron chi connectivity index (χ1n) is 8.58. The smallest absolute Gasteiger partial charge is 0.243 e. The van der Waals surface area contributed by atoms with Gasteiger partial charge in [-0.1, -0.05) is 0 Å². The third kappa shape index (κ3) is 3.56. The topological polar surface area (TPSA) is 69.7 Å². The largest absolute Gasteiger partial charge is 0.336 e. The number of aryl methyl sites for hydroxylation is 2. The average Bonchev–Trinajstić information content (AvgIpc) is 2.54. The Hall–Kier alpha value is -1.51. The number of hydrogen-bond acceptors (Lipinski definition) is 4. The molecule has 1 amide bonds. The molecule has 1 N–H and O–H groups in total. The fourth-order valence-electron chi connectivity index (χ4n) is 3.83. The van der Waals surface area contributed by atoms with Crippen LogP contribution in [0.2, 0.25) is 0 Å². The molecule has 0 saturated carbocycles. The van der Waals surface area contributed by atoms with Gasteiger partial charge in [0.2, 0.25) is 15.9 Å². The van der Waals surface area contributed by atoms with Crippen LogP contribution >= 0.6 is 0 Å². The van der Waals surface area contributed by atoms with Gasteiger partial charge in [-0.05, 0) is 49.9 Å². The van der Waals surface area contributed by atoms with Gasteiger partial charge in [-0.2, -0.15) is 4.31 Å². The van der Waals surface area contributed by atoms with Crippen molar-refractivity contribution in [1.29, 1.82) is 0 Å². The SMILES string of the molecule is Cc1cc(F)cc(C)c1S(=O)(=O)N1CCCC(N2CCNCC2=O)C1. The van der Waals surface area contributed by atoms with Crippen molar-refractivity contribution < 1.29 is 17.6 Å². The molecule has 0 aromatic heterocycles. The second kappa shape index (κ2) is 7.01. The van der Waals surface area contributed by atoms with E-state index in [2.05, 4.69) is 5.32 Å². The number of benzene rings is 1. The summed E-state index contributed by atoms with van der Waals surface area (Å²) in [5, 5.41) is 3.03. The van der Waals surface area contributed by atoms with Crippen LogP contribution in [-0.4, -0.2) is 62.3 Å². The minimum atomic E-state index is -3.72. The molecule has 1 atom stereocenters. The predicted octanol–water partition coefficient (Wildman–Crippen LogP) is 1.03. The molecular weight excluding hydrogens is 345 g/mol. The fourth-order valence-corrected chi connectivity index (χ4v) is 5.76. The van der Waals surface area contributed by atoms with Gasteiger partial charge in [0, 0.05) is 32.2 Å². The molecule has 6 nitrogen and oxygen atoms in total. The summed E-state index contributed by atoms with van der Waals surface area (Å²) in [5.41, 5.74) is 0.829. The molecule has 2 aliphatic heterocycles. The van der Waals surface area contributed by atoms with E-state index < -0.39 is 15.8 Å². The lowest BCUT2D eigenvalue weighted by molar-refractivity contribution is -0.135. The van der Waals surface area contributed by atoms with E-state index in [9.17, 15) is 17.6 Å². The lowest BCUT2D eigenvalue weighted by Gasteiger charge is -2.40. The molecule has 0 spiro atoms. The van der Waals surface area contributed by atoms with Gasteiger partial charge >= 0.3 is 0 Å². The maximum atomic E-state index is 13.5. The maximum absolute atomic E-state index is 13.5. The highest BCUT2D eigenvalue weighted by molar-refractivity contribution is 7.89. The number of carbonyl (C=O) groups is 1. The minimum absolute atomic E-state index is 0.0182. The van der Waals surface area contributed by atoms with E-state index in [0.29, 0.717) is 43.7 Å². The van der Waals surface area contributed by atoms with Crippen LogP contribution in [0.3, 0.4) is 0 Å². The molecule has 0 radical (unpaired) electrons. The molecule has 2 saturated heterocycles. The number of carbonyl (C=O) groups excluding carboxylic acids is 1. The molecular formula is C17H24FN3O3S. The van der Waals surface area contributed by atoms with Crippen molar-refractivity contribution in [2.45, 2.75) is 37.6 Å². The Bertz CT molecular complexity index is 758. The number of halogens is 1. The Morgan fingerprint density at radius 2 is 1.88 bits per heavy atom. The summed E-state index contributed by atoms with van der Waals surface area (Å²) in [6.07, 6.45) is 1.51. The van der Waals surface area contributed by atoms with Gasteiger partial charge in [-0.3, -0.25) is 4.79 Å². The molecule has 138 valence electrons. The first kappa shape index (κ1) is 18.3. The molecule has 2 fully saturated rings. The Kier molecular flexibility index (Phi) is 5.13. The minimum Gasteiger partial charge on any atom is -0.336 e. The maximum Gasteiger partial charge on any atom is 0.243 e. The molecule has 0 bridgehead atoms. The molecule has 25 heavy (non-hydrogen) atoms. The number of piperidine rings is 1. The highest BCUT2D eigenvalue weighted by Crippen LogP contribution is 2.28. The van der Waals surface area contributed by atoms with E-state index in [1.165, 1.54) is 16.4 Å². The molecule has 1 aromatic carbocycles. The van der Waals surface area contributed by atoms with Crippen molar-refractivity contribution in [3.63, 3.8) is 0 Å². The van der Waals surface area contributed by atoms with Crippen LogP contribution in [0, 0.1) is 19.7 Å². The highest BCUT2D eigenvalue weighted by Gasteiger charge is 2.36. The number of amides is 1. The fraction of sp³-hybridized carbons (Fsp3) is 0.588. The van der Waals surface area contributed by atoms with Crippen LogP contribution in [0.4, 0.5) is 4.39 Å². The number of rotatable bonds is 3. The van der Waals surface area contributed by atoms with Gasteiger partial charge in [0.25, 0.3) is 0 Å². The average molecular weight is 369 g/mol. The molecule has 8 heteroatoms. The lowest BCUT2D eigenvalue weighted by Crippen LogP contribution is -2.57.